The van der Waals surface area contributed by atoms with Crippen LogP contribution in [0.5, 0.6) is 0 Å². The Morgan fingerprint density at radius 2 is 1.92 bits per heavy atom. The first-order valence-electron chi connectivity index (χ1n) is 12.2. The van der Waals surface area contributed by atoms with Crippen molar-refractivity contribution in [2.75, 3.05) is 6.61 Å². The molecule has 9 nitrogen and oxygen atoms in total. The van der Waals surface area contributed by atoms with Crippen molar-refractivity contribution in [2.45, 2.75) is 65.6 Å². The molecule has 9 heteroatoms. The molecule has 0 bridgehead atoms. The number of ether oxygens (including phenoxy) is 2. The molecule has 0 atom stereocenters. The van der Waals surface area contributed by atoms with E-state index >= 15 is 0 Å². The van der Waals surface area contributed by atoms with Crippen LogP contribution in [0.2, 0.25) is 0 Å². The summed E-state index contributed by atoms with van der Waals surface area (Å²) in [7, 11) is 0. The number of allylic oxidation sites excluding steroid dienone is 4. The zero-order chi connectivity index (χ0) is 26.1. The highest BCUT2D eigenvalue weighted by molar-refractivity contribution is 5.69. The van der Waals surface area contributed by atoms with E-state index in [1.807, 2.05) is 31.2 Å². The Hall–Kier alpha value is -3.88. The van der Waals surface area contributed by atoms with Crippen LogP contribution < -0.4 is 17.0 Å². The lowest BCUT2D eigenvalue weighted by molar-refractivity contribution is -0.143. The largest absolute Gasteiger partial charge is 0.490 e. The number of hydrogen-bond acceptors (Lipinski definition) is 6. The molecule has 1 saturated carbocycles. The van der Waals surface area contributed by atoms with E-state index in [2.05, 4.69) is 16.6 Å². The Bertz CT molecular complexity index is 1320. The fraction of sp³-hybridized carbons (Fsp3) is 0.407. The molecule has 1 fully saturated rings. The molecule has 1 aromatic heterocycles. The number of rotatable bonds is 11. The number of H-pyrrole nitrogens is 1. The van der Waals surface area contributed by atoms with Crippen LogP contribution in [0.25, 0.3) is 0 Å². The van der Waals surface area contributed by atoms with Crippen molar-refractivity contribution in [3.05, 3.63) is 98.2 Å². The van der Waals surface area contributed by atoms with E-state index in [-0.39, 0.29) is 37.8 Å². The van der Waals surface area contributed by atoms with Gasteiger partial charge in [0.1, 0.15) is 5.76 Å². The Labute approximate surface area is 210 Å². The van der Waals surface area contributed by atoms with Gasteiger partial charge < -0.3 is 9.47 Å². The molecule has 1 aromatic carbocycles. The summed E-state index contributed by atoms with van der Waals surface area (Å²) in [5.41, 5.74) is 1.42. The highest BCUT2D eigenvalue weighted by atomic mass is 16.5. The first-order valence-corrected chi connectivity index (χ1v) is 12.2. The Morgan fingerprint density at radius 1 is 1.19 bits per heavy atom. The van der Waals surface area contributed by atoms with Crippen molar-refractivity contribution < 1.29 is 14.3 Å². The van der Waals surface area contributed by atoms with Gasteiger partial charge in [0.05, 0.1) is 25.7 Å². The zero-order valence-corrected chi connectivity index (χ0v) is 21.2. The number of hydrogen-bond donors (Lipinski definition) is 1. The molecule has 0 spiro atoms. The number of nitrogens with one attached hydrogen (secondary N) is 1. The first kappa shape index (κ1) is 26.7. The van der Waals surface area contributed by atoms with E-state index in [1.165, 1.54) is 11.0 Å². The molecule has 1 heterocycles. The minimum absolute atomic E-state index is 0.0904. The number of aryl methyl sites for hydroxylation is 1. The average Bonchev–Trinajstić information content (AvgIpc) is 2.81. The van der Waals surface area contributed by atoms with Gasteiger partial charge in [0.15, 0.2) is 0 Å². The van der Waals surface area contributed by atoms with E-state index in [0.717, 1.165) is 28.5 Å². The van der Waals surface area contributed by atoms with Crippen LogP contribution >= 0.6 is 0 Å². The van der Waals surface area contributed by atoms with E-state index in [0.29, 0.717) is 11.5 Å². The van der Waals surface area contributed by atoms with Crippen LogP contribution in [-0.2, 0) is 27.4 Å². The van der Waals surface area contributed by atoms with Crippen LogP contribution in [0.4, 0.5) is 0 Å². The van der Waals surface area contributed by atoms with Gasteiger partial charge in [-0.2, -0.15) is 0 Å². The molecular formula is C27H34N4O5. The molecule has 36 heavy (non-hydrogen) atoms. The third-order valence-corrected chi connectivity index (χ3v) is 5.81. The fourth-order valence-electron chi connectivity index (χ4n) is 3.54. The van der Waals surface area contributed by atoms with Gasteiger partial charge in [-0.1, -0.05) is 36.4 Å². The number of nitrogens with zero attached hydrogens (tertiary/aromatic N) is 3. The van der Waals surface area contributed by atoms with Gasteiger partial charge in [0.25, 0.3) is 0 Å². The summed E-state index contributed by atoms with van der Waals surface area (Å²) >= 11 is 0. The Balaban J connectivity index is 2.00. The highest BCUT2D eigenvalue weighted by Gasteiger charge is 2.19. The summed E-state index contributed by atoms with van der Waals surface area (Å²) in [6.07, 6.45) is 8.52. The molecule has 3 rings (SSSR count). The molecule has 1 aliphatic rings. The molecule has 0 radical (unpaired) electrons. The summed E-state index contributed by atoms with van der Waals surface area (Å²) in [5.74, 6) is 0.167. The predicted molar refractivity (Wildman–Crippen MR) is 137 cm³/mol. The topological polar surface area (TPSA) is 108 Å². The maximum Gasteiger partial charge on any atom is 0.335 e. The van der Waals surface area contributed by atoms with E-state index in [1.54, 1.807) is 32.1 Å². The van der Waals surface area contributed by atoms with Crippen LogP contribution in [-0.4, -0.2) is 32.8 Å². The van der Waals surface area contributed by atoms with Gasteiger partial charge in [-0.25, -0.2) is 19.1 Å². The van der Waals surface area contributed by atoms with Crippen molar-refractivity contribution in [3.63, 3.8) is 0 Å². The smallest absolute Gasteiger partial charge is 0.335 e. The lowest BCUT2D eigenvalue weighted by Gasteiger charge is -2.26. The lowest BCUT2D eigenvalue weighted by atomic mass is 9.96. The van der Waals surface area contributed by atoms with Crippen LogP contribution in [0.3, 0.4) is 0 Å². The van der Waals surface area contributed by atoms with Crippen molar-refractivity contribution >= 4 is 5.97 Å². The number of aromatic amines is 1. The van der Waals surface area contributed by atoms with Gasteiger partial charge >= 0.3 is 17.3 Å². The molecule has 0 saturated heterocycles. The third kappa shape index (κ3) is 7.31. The van der Waals surface area contributed by atoms with Crippen molar-refractivity contribution in [1.82, 2.24) is 14.1 Å². The highest BCUT2D eigenvalue weighted by Crippen LogP contribution is 2.24. The van der Waals surface area contributed by atoms with Crippen molar-refractivity contribution in [3.8, 4) is 0 Å². The van der Waals surface area contributed by atoms with Gasteiger partial charge in [0.2, 0.25) is 5.62 Å². The first-order chi connectivity index (χ1) is 17.3. The minimum atomic E-state index is -0.647. The summed E-state index contributed by atoms with van der Waals surface area (Å²) in [4.78, 5) is 45.1. The molecule has 192 valence electrons. The quantitative estimate of drug-likeness (QED) is 0.293. The van der Waals surface area contributed by atoms with Crippen molar-refractivity contribution in [1.29, 1.82) is 0 Å². The molecular weight excluding hydrogens is 460 g/mol. The monoisotopic (exact) mass is 494 g/mol. The molecule has 1 aliphatic carbocycles. The normalized spacial score (nSPS) is 14.9. The summed E-state index contributed by atoms with van der Waals surface area (Å²) in [6, 6.07) is 7.73. The summed E-state index contributed by atoms with van der Waals surface area (Å²) < 4.78 is 13.2. The molecule has 0 unspecified atom stereocenters. The van der Waals surface area contributed by atoms with Crippen molar-refractivity contribution in [2.24, 2.45) is 4.99 Å². The number of carbonyl (C=O) groups is 1. The van der Waals surface area contributed by atoms with E-state index < -0.39 is 17.3 Å². The van der Waals surface area contributed by atoms with Gasteiger partial charge in [-0.05, 0) is 63.8 Å². The summed E-state index contributed by atoms with van der Waals surface area (Å²) in [5, 5.41) is 0. The number of esters is 1. The Morgan fingerprint density at radius 3 is 2.53 bits per heavy atom. The van der Waals surface area contributed by atoms with Gasteiger partial charge in [0, 0.05) is 12.2 Å². The second-order valence-electron chi connectivity index (χ2n) is 8.68. The van der Waals surface area contributed by atoms with E-state index in [9.17, 15) is 14.4 Å². The number of carbonyl (C=O) groups excluding carboxylic acids is 1. The predicted octanol–water partition coefficient (Wildman–Crippen LogP) is 3.09. The molecule has 0 amide bonds. The van der Waals surface area contributed by atoms with Crippen LogP contribution in [0.15, 0.2) is 75.1 Å². The second-order valence-corrected chi connectivity index (χ2v) is 8.68. The molecule has 2 aromatic rings. The Kier molecular flexibility index (Phi) is 9.44. The fourth-order valence-corrected chi connectivity index (χ4v) is 3.54. The van der Waals surface area contributed by atoms with E-state index in [4.69, 9.17) is 9.47 Å². The third-order valence-electron chi connectivity index (χ3n) is 5.81. The van der Waals surface area contributed by atoms with Crippen LogP contribution in [0, 0.1) is 6.92 Å². The summed E-state index contributed by atoms with van der Waals surface area (Å²) in [6.45, 7) is 9.57. The zero-order valence-electron chi connectivity index (χ0n) is 21.2. The SMILES string of the molecule is C=C\C(=C/C=C(C)/N=c1\[nH]c(=O)n(CCC(=O)OCC)c(=O)n1Cc1ccc(C)cc1)OC1CCC1. The average molecular weight is 495 g/mol. The standard InChI is InChI=1S/C27H34N4O5/c1-5-22(36-23-8-7-9-23)15-12-20(4)28-25-29-26(33)30(17-16-24(32)35-6-2)27(34)31(25)18-21-13-10-19(3)11-14-21/h5,10-15,23H,1,6-9,16-18H2,2-4H3,(H,28,29,33)/b20-12+,22-15+. The lowest BCUT2D eigenvalue weighted by Crippen LogP contribution is -2.50. The number of benzene rings is 1. The minimum Gasteiger partial charge on any atom is -0.490 e. The second kappa shape index (κ2) is 12.7. The molecule has 0 aliphatic heterocycles. The number of aromatic nitrogens is 3. The van der Waals surface area contributed by atoms with Gasteiger partial charge in [-0.3, -0.25) is 14.3 Å². The maximum atomic E-state index is 13.3. The van der Waals surface area contributed by atoms with Gasteiger partial charge in [-0.15, -0.1) is 0 Å². The maximum absolute atomic E-state index is 13.3. The molecule has 1 N–H and O–H groups in total. The van der Waals surface area contributed by atoms with Crippen LogP contribution in [0.1, 0.15) is 50.7 Å².